The lowest BCUT2D eigenvalue weighted by Crippen LogP contribution is -2.32. The lowest BCUT2D eigenvalue weighted by atomic mass is 9.65. The van der Waals surface area contributed by atoms with Crippen LogP contribution in [0.5, 0.6) is 0 Å². The Hall–Kier alpha value is -2.60. The summed E-state index contributed by atoms with van der Waals surface area (Å²) in [4.78, 5) is 0. The minimum atomic E-state index is -0.0338. The van der Waals surface area contributed by atoms with Gasteiger partial charge in [0.1, 0.15) is 0 Å². The van der Waals surface area contributed by atoms with Crippen LogP contribution in [0.1, 0.15) is 83.7 Å². The van der Waals surface area contributed by atoms with Crippen molar-refractivity contribution in [3.8, 4) is 0 Å². The molecule has 0 aromatic heterocycles. The van der Waals surface area contributed by atoms with Crippen LogP contribution < -0.4 is 0 Å². The van der Waals surface area contributed by atoms with E-state index < -0.39 is 0 Å². The summed E-state index contributed by atoms with van der Waals surface area (Å²) >= 11 is 0. The van der Waals surface area contributed by atoms with Crippen molar-refractivity contribution in [2.75, 3.05) is 0 Å². The zero-order valence-corrected chi connectivity index (χ0v) is 20.7. The van der Waals surface area contributed by atoms with Crippen molar-refractivity contribution < 1.29 is 0 Å². The van der Waals surface area contributed by atoms with Gasteiger partial charge in [-0.1, -0.05) is 98.6 Å². The van der Waals surface area contributed by atoms with Crippen LogP contribution in [0.2, 0.25) is 0 Å². The molecule has 0 N–H and O–H groups in total. The second kappa shape index (κ2) is 8.87. The lowest BCUT2D eigenvalue weighted by Gasteiger charge is -2.37. The van der Waals surface area contributed by atoms with E-state index >= 15 is 0 Å². The van der Waals surface area contributed by atoms with Gasteiger partial charge in [-0.25, -0.2) is 0 Å². The first-order valence-electron chi connectivity index (χ1n) is 11.7. The molecular weight excluding hydrogens is 372 g/mol. The molecule has 0 bridgehead atoms. The number of fused-ring (bicyclic) bond motifs is 1. The van der Waals surface area contributed by atoms with Crippen LogP contribution in [0.4, 0.5) is 0 Å². The maximum absolute atomic E-state index is 4.22. The molecule has 3 aromatic rings. The van der Waals surface area contributed by atoms with Gasteiger partial charge in [0.15, 0.2) is 0 Å². The highest BCUT2D eigenvalue weighted by Gasteiger charge is 2.47. The van der Waals surface area contributed by atoms with Crippen LogP contribution >= 0.6 is 0 Å². The highest BCUT2D eigenvalue weighted by molar-refractivity contribution is 5.68. The molecule has 162 valence electrons. The van der Waals surface area contributed by atoms with Gasteiger partial charge in [-0.05, 0) is 85.9 Å². The van der Waals surface area contributed by atoms with Gasteiger partial charge in [-0.2, -0.15) is 0 Å². The predicted octanol–water partition coefficient (Wildman–Crippen LogP) is 8.63. The minimum Gasteiger partial charge on any atom is -0.0955 e. The molecule has 0 amide bonds. The normalized spacial score (nSPS) is 19.4. The summed E-state index contributed by atoms with van der Waals surface area (Å²) in [5.41, 5.74) is 13.6. The van der Waals surface area contributed by atoms with E-state index in [9.17, 15) is 0 Å². The van der Waals surface area contributed by atoms with E-state index in [-0.39, 0.29) is 5.41 Å². The molecule has 0 aliphatic heterocycles. The molecule has 2 atom stereocenters. The molecule has 1 aliphatic carbocycles. The molecular formula is C31H38. The first-order chi connectivity index (χ1) is 14.7. The molecule has 3 aromatic carbocycles. The molecule has 2 unspecified atom stereocenters. The molecule has 4 rings (SSSR count). The quantitative estimate of drug-likeness (QED) is 0.405. The van der Waals surface area contributed by atoms with Gasteiger partial charge in [-0.3, -0.25) is 0 Å². The maximum Gasteiger partial charge on any atom is 0.0311 e. The van der Waals surface area contributed by atoms with Crippen molar-refractivity contribution in [2.45, 2.75) is 73.1 Å². The number of aryl methyl sites for hydroxylation is 4. The van der Waals surface area contributed by atoms with Gasteiger partial charge < -0.3 is 0 Å². The first-order valence-corrected chi connectivity index (χ1v) is 11.7. The van der Waals surface area contributed by atoms with Crippen LogP contribution in [-0.2, 0) is 11.8 Å². The summed E-state index contributed by atoms with van der Waals surface area (Å²) in [6.07, 6.45) is 1.05. The minimum absolute atomic E-state index is 0.0338. The number of rotatable bonds is 3. The molecule has 0 saturated heterocycles. The SMILES string of the molecule is C=C(C)c1cc2c(cc1C)CC(c1ccc(C)cc1)(c1ccc(C)cc1C)C2C.CC. The summed E-state index contributed by atoms with van der Waals surface area (Å²) in [6, 6.07) is 21.0. The monoisotopic (exact) mass is 410 g/mol. The fourth-order valence-electron chi connectivity index (χ4n) is 5.52. The zero-order valence-electron chi connectivity index (χ0n) is 20.7. The maximum atomic E-state index is 4.22. The summed E-state index contributed by atoms with van der Waals surface area (Å²) in [5.74, 6) is 0.403. The Balaban J connectivity index is 0.00000132. The Kier molecular flexibility index (Phi) is 6.60. The summed E-state index contributed by atoms with van der Waals surface area (Å²) in [6.45, 7) is 21.6. The molecule has 0 nitrogen and oxygen atoms in total. The fraction of sp³-hybridized carbons (Fsp3) is 0.355. The zero-order chi connectivity index (χ0) is 22.9. The van der Waals surface area contributed by atoms with E-state index in [1.165, 1.54) is 50.1 Å². The van der Waals surface area contributed by atoms with E-state index in [1.54, 1.807) is 0 Å². The van der Waals surface area contributed by atoms with Gasteiger partial charge in [0.05, 0.1) is 0 Å². The van der Waals surface area contributed by atoms with Crippen molar-refractivity contribution in [3.63, 3.8) is 0 Å². The summed E-state index contributed by atoms with van der Waals surface area (Å²) < 4.78 is 0. The Labute approximate surface area is 190 Å². The Morgan fingerprint density at radius 2 is 1.45 bits per heavy atom. The molecule has 0 fully saturated rings. The second-order valence-corrected chi connectivity index (χ2v) is 9.20. The van der Waals surface area contributed by atoms with E-state index in [0.717, 1.165) is 12.0 Å². The van der Waals surface area contributed by atoms with Gasteiger partial charge in [0.25, 0.3) is 0 Å². The van der Waals surface area contributed by atoms with Crippen LogP contribution in [0.15, 0.2) is 61.2 Å². The van der Waals surface area contributed by atoms with E-state index in [1.807, 2.05) is 13.8 Å². The standard InChI is InChI=1S/C29H32.C2H6/c1-18(2)26-16-27-23(7)29(17-24(27)15-21(26)5,25-11-8-19(3)9-12-25)28-13-10-20(4)14-22(28)6;1-2/h8-16,23H,1,17H2,2-7H3;1-2H3. The summed E-state index contributed by atoms with van der Waals surface area (Å²) in [7, 11) is 0. The lowest BCUT2D eigenvalue weighted by molar-refractivity contribution is 0.465. The third-order valence-corrected chi connectivity index (χ3v) is 7.05. The highest BCUT2D eigenvalue weighted by atomic mass is 14.5. The number of benzene rings is 3. The van der Waals surface area contributed by atoms with Crippen molar-refractivity contribution in [1.82, 2.24) is 0 Å². The fourth-order valence-corrected chi connectivity index (χ4v) is 5.52. The van der Waals surface area contributed by atoms with Gasteiger partial charge in [0, 0.05) is 5.41 Å². The van der Waals surface area contributed by atoms with Crippen molar-refractivity contribution in [3.05, 3.63) is 111 Å². The van der Waals surface area contributed by atoms with Crippen LogP contribution in [-0.4, -0.2) is 0 Å². The number of allylic oxidation sites excluding steroid dienone is 1. The van der Waals surface area contributed by atoms with E-state index in [4.69, 9.17) is 0 Å². The molecule has 0 saturated carbocycles. The molecule has 0 heteroatoms. The van der Waals surface area contributed by atoms with E-state index in [2.05, 4.69) is 103 Å². The third-order valence-electron chi connectivity index (χ3n) is 7.05. The average Bonchev–Trinajstić information content (AvgIpc) is 3.01. The molecule has 0 spiro atoms. The second-order valence-electron chi connectivity index (χ2n) is 9.20. The predicted molar refractivity (Wildman–Crippen MR) is 137 cm³/mol. The van der Waals surface area contributed by atoms with Gasteiger partial charge in [-0.15, -0.1) is 0 Å². The van der Waals surface area contributed by atoms with Crippen LogP contribution in [0.3, 0.4) is 0 Å². The van der Waals surface area contributed by atoms with Gasteiger partial charge >= 0.3 is 0 Å². The van der Waals surface area contributed by atoms with Crippen molar-refractivity contribution >= 4 is 5.57 Å². The van der Waals surface area contributed by atoms with Crippen molar-refractivity contribution in [1.29, 1.82) is 0 Å². The Bertz CT molecular complexity index is 1100. The Morgan fingerprint density at radius 3 is 2.03 bits per heavy atom. The summed E-state index contributed by atoms with van der Waals surface area (Å²) in [5, 5.41) is 0. The Morgan fingerprint density at radius 1 is 0.839 bits per heavy atom. The highest BCUT2D eigenvalue weighted by Crippen LogP contribution is 2.54. The first kappa shape index (κ1) is 23.1. The van der Waals surface area contributed by atoms with Gasteiger partial charge in [0.2, 0.25) is 0 Å². The molecule has 0 heterocycles. The molecule has 1 aliphatic rings. The number of hydrogen-bond acceptors (Lipinski definition) is 0. The third kappa shape index (κ3) is 3.89. The van der Waals surface area contributed by atoms with Crippen molar-refractivity contribution in [2.24, 2.45) is 0 Å². The van der Waals surface area contributed by atoms with E-state index in [0.29, 0.717) is 5.92 Å². The average molecular weight is 411 g/mol. The topological polar surface area (TPSA) is 0 Å². The van der Waals surface area contributed by atoms with Crippen LogP contribution in [0, 0.1) is 27.7 Å². The largest absolute Gasteiger partial charge is 0.0955 e. The van der Waals surface area contributed by atoms with Crippen LogP contribution in [0.25, 0.3) is 5.57 Å². The number of hydrogen-bond donors (Lipinski definition) is 0. The molecule has 0 radical (unpaired) electrons. The molecule has 31 heavy (non-hydrogen) atoms. The smallest absolute Gasteiger partial charge is 0.0311 e.